The van der Waals surface area contributed by atoms with Crippen LogP contribution in [0.5, 0.6) is 5.75 Å². The van der Waals surface area contributed by atoms with Crippen molar-refractivity contribution in [1.29, 1.82) is 0 Å². The van der Waals surface area contributed by atoms with Crippen LogP contribution in [0, 0.1) is 0 Å². The van der Waals surface area contributed by atoms with Crippen molar-refractivity contribution < 1.29 is 27.5 Å². The number of aromatic nitrogens is 1. The molecule has 4 aromatic carbocycles. The highest BCUT2D eigenvalue weighted by atomic mass is 35.5. The first-order valence-electron chi connectivity index (χ1n) is 12.0. The molecule has 0 saturated heterocycles. The van der Waals surface area contributed by atoms with Crippen molar-refractivity contribution in [3.05, 3.63) is 123 Å². The van der Waals surface area contributed by atoms with E-state index >= 15 is 0 Å². The minimum absolute atomic E-state index is 0.146. The van der Waals surface area contributed by atoms with E-state index in [4.69, 9.17) is 27.9 Å². The molecule has 6 nitrogen and oxygen atoms in total. The summed E-state index contributed by atoms with van der Waals surface area (Å²) in [5, 5.41) is 4.59. The number of carbonyl (C=O) groups is 2. The van der Waals surface area contributed by atoms with Crippen molar-refractivity contribution in [1.82, 2.24) is 10.4 Å². The minimum atomic E-state index is -4.67. The average Bonchev–Trinajstić information content (AvgIpc) is 3.33. The zero-order chi connectivity index (χ0) is 29.1. The third-order valence-corrected chi connectivity index (χ3v) is 6.75. The van der Waals surface area contributed by atoms with E-state index in [0.29, 0.717) is 11.1 Å². The number of para-hydroxylation sites is 2. The number of hydrogen-bond acceptors (Lipinski definition) is 4. The molecule has 0 unspecified atom stereocenters. The molecule has 1 heterocycles. The number of benzene rings is 4. The lowest BCUT2D eigenvalue weighted by atomic mass is 10.00. The Morgan fingerprint density at radius 2 is 1.54 bits per heavy atom. The van der Waals surface area contributed by atoms with Crippen LogP contribution in [0.3, 0.4) is 0 Å². The number of alkyl halides is 3. The molecule has 0 aliphatic carbocycles. The van der Waals surface area contributed by atoms with E-state index in [1.54, 1.807) is 60.7 Å². The molecule has 0 saturated carbocycles. The van der Waals surface area contributed by atoms with Crippen LogP contribution in [-0.2, 0) is 6.18 Å². The van der Waals surface area contributed by atoms with Crippen molar-refractivity contribution in [3.8, 4) is 16.9 Å². The highest BCUT2D eigenvalue weighted by Gasteiger charge is 2.35. The van der Waals surface area contributed by atoms with E-state index < -0.39 is 23.6 Å². The van der Waals surface area contributed by atoms with Gasteiger partial charge >= 0.3 is 12.1 Å². The fourth-order valence-electron chi connectivity index (χ4n) is 4.25. The Morgan fingerprint density at radius 1 is 0.854 bits per heavy atom. The lowest BCUT2D eigenvalue weighted by molar-refractivity contribution is -0.136. The second kappa shape index (κ2) is 11.5. The monoisotopic (exact) mass is 595 g/mol. The Kier molecular flexibility index (Phi) is 7.83. The second-order valence-electron chi connectivity index (χ2n) is 8.69. The summed E-state index contributed by atoms with van der Waals surface area (Å²) in [5.41, 5.74) is 2.04. The highest BCUT2D eigenvalue weighted by molar-refractivity contribution is 6.34. The summed E-state index contributed by atoms with van der Waals surface area (Å²) < 4.78 is 46.8. The van der Waals surface area contributed by atoms with Gasteiger partial charge in [0.15, 0.2) is 0 Å². The van der Waals surface area contributed by atoms with Crippen molar-refractivity contribution >= 4 is 52.2 Å². The predicted octanol–water partition coefficient (Wildman–Crippen LogP) is 8.14. The molecule has 0 aliphatic heterocycles. The van der Waals surface area contributed by atoms with Gasteiger partial charge in [-0.3, -0.25) is 4.79 Å². The fraction of sp³-hybridized carbons (Fsp3) is 0.0333. The number of nitrogens with zero attached hydrogens (tertiary/aromatic N) is 1. The van der Waals surface area contributed by atoms with Gasteiger partial charge in [0.25, 0.3) is 5.91 Å². The van der Waals surface area contributed by atoms with Gasteiger partial charge in [0.2, 0.25) is 0 Å². The zero-order valence-electron chi connectivity index (χ0n) is 20.8. The SMILES string of the molecule is O=C(Oc1ccccc1C=NNC(=O)c1[nH]c2c(C(F)(F)F)cccc2c1-c1ccccc1Cl)c1ccccc1Cl. The maximum Gasteiger partial charge on any atom is 0.418 e. The van der Waals surface area contributed by atoms with Crippen molar-refractivity contribution in [3.63, 3.8) is 0 Å². The predicted molar refractivity (Wildman–Crippen MR) is 152 cm³/mol. The van der Waals surface area contributed by atoms with Crippen molar-refractivity contribution in [2.45, 2.75) is 6.18 Å². The Bertz CT molecular complexity index is 1820. The van der Waals surface area contributed by atoms with Gasteiger partial charge in [0, 0.05) is 27.1 Å². The maximum absolute atomic E-state index is 13.8. The van der Waals surface area contributed by atoms with Crippen molar-refractivity contribution in [2.75, 3.05) is 0 Å². The normalized spacial score (nSPS) is 11.6. The first kappa shape index (κ1) is 27.9. The number of amides is 1. The second-order valence-corrected chi connectivity index (χ2v) is 9.50. The molecule has 0 aliphatic rings. The van der Waals surface area contributed by atoms with Crippen LogP contribution in [0.25, 0.3) is 22.0 Å². The molecule has 2 N–H and O–H groups in total. The number of halogens is 5. The topological polar surface area (TPSA) is 83.5 Å². The molecule has 1 aromatic heterocycles. The Morgan fingerprint density at radius 3 is 2.27 bits per heavy atom. The van der Waals surface area contributed by atoms with Crippen LogP contribution in [0.4, 0.5) is 13.2 Å². The van der Waals surface area contributed by atoms with Gasteiger partial charge in [-0.2, -0.15) is 18.3 Å². The average molecular weight is 596 g/mol. The number of ether oxygens (including phenoxy) is 1. The number of rotatable bonds is 6. The summed E-state index contributed by atoms with van der Waals surface area (Å²) in [5.74, 6) is -1.36. The van der Waals surface area contributed by atoms with Gasteiger partial charge in [-0.05, 0) is 36.4 Å². The quantitative estimate of drug-likeness (QED) is 0.0899. The first-order chi connectivity index (χ1) is 19.6. The lowest BCUT2D eigenvalue weighted by Gasteiger charge is -2.09. The number of aromatic amines is 1. The number of carbonyl (C=O) groups excluding carboxylic acids is 2. The minimum Gasteiger partial charge on any atom is -0.422 e. The Labute approximate surface area is 241 Å². The van der Waals surface area contributed by atoms with E-state index in [1.807, 2.05) is 0 Å². The molecular weight excluding hydrogens is 578 g/mol. The highest BCUT2D eigenvalue weighted by Crippen LogP contribution is 2.41. The van der Waals surface area contributed by atoms with E-state index in [0.717, 1.165) is 6.07 Å². The van der Waals surface area contributed by atoms with Gasteiger partial charge in [0.05, 0.1) is 27.9 Å². The van der Waals surface area contributed by atoms with Gasteiger partial charge in [-0.15, -0.1) is 0 Å². The number of hydrogen-bond donors (Lipinski definition) is 2. The van der Waals surface area contributed by atoms with E-state index in [1.165, 1.54) is 30.5 Å². The summed E-state index contributed by atoms with van der Waals surface area (Å²) in [6, 6.07) is 23.0. The van der Waals surface area contributed by atoms with Gasteiger partial charge in [-0.25, -0.2) is 10.2 Å². The standard InChI is InChI=1S/C30H18Cl2F3N3O3/c31-22-13-4-2-9-18(22)25-20-11-7-12-21(30(33,34)35)26(20)37-27(25)28(39)38-36-16-17-8-1-6-15-24(17)41-29(40)19-10-3-5-14-23(19)32/h1-16,37H,(H,38,39). The maximum atomic E-state index is 13.8. The van der Waals surface area contributed by atoms with Crippen LogP contribution >= 0.6 is 23.2 Å². The molecule has 0 fully saturated rings. The van der Waals surface area contributed by atoms with E-state index in [-0.39, 0.29) is 43.5 Å². The van der Waals surface area contributed by atoms with Gasteiger partial charge in [-0.1, -0.05) is 77.8 Å². The largest absolute Gasteiger partial charge is 0.422 e. The molecular formula is C30H18Cl2F3N3O3. The number of hydrazone groups is 1. The molecule has 0 spiro atoms. The fourth-order valence-corrected chi connectivity index (χ4v) is 4.69. The van der Waals surface area contributed by atoms with Crippen LogP contribution in [-0.4, -0.2) is 23.1 Å². The van der Waals surface area contributed by atoms with Crippen LogP contribution in [0.1, 0.15) is 32.0 Å². The van der Waals surface area contributed by atoms with E-state index in [9.17, 15) is 22.8 Å². The van der Waals surface area contributed by atoms with Crippen molar-refractivity contribution in [2.24, 2.45) is 5.10 Å². The number of fused-ring (bicyclic) bond motifs is 1. The van der Waals surface area contributed by atoms with Crippen LogP contribution in [0.15, 0.2) is 96.1 Å². The summed E-state index contributed by atoms with van der Waals surface area (Å²) in [6.07, 6.45) is -3.43. The first-order valence-corrected chi connectivity index (χ1v) is 12.8. The lowest BCUT2D eigenvalue weighted by Crippen LogP contribution is -2.19. The number of nitrogens with one attached hydrogen (secondary N) is 2. The molecule has 206 valence electrons. The third kappa shape index (κ3) is 5.82. The number of H-pyrrole nitrogens is 1. The van der Waals surface area contributed by atoms with Crippen LogP contribution < -0.4 is 10.2 Å². The summed E-state index contributed by atoms with van der Waals surface area (Å²) in [6.45, 7) is 0. The summed E-state index contributed by atoms with van der Waals surface area (Å²) in [4.78, 5) is 28.5. The third-order valence-electron chi connectivity index (χ3n) is 6.09. The molecule has 0 radical (unpaired) electrons. The molecule has 41 heavy (non-hydrogen) atoms. The summed E-state index contributed by atoms with van der Waals surface area (Å²) in [7, 11) is 0. The number of esters is 1. The molecule has 5 rings (SSSR count). The van der Waals surface area contributed by atoms with Gasteiger partial charge in [0.1, 0.15) is 11.4 Å². The Balaban J connectivity index is 1.47. The molecule has 11 heteroatoms. The summed E-state index contributed by atoms with van der Waals surface area (Å²) >= 11 is 12.5. The molecule has 0 atom stereocenters. The van der Waals surface area contributed by atoms with Gasteiger partial charge < -0.3 is 9.72 Å². The van der Waals surface area contributed by atoms with Crippen LogP contribution in [0.2, 0.25) is 10.0 Å². The molecule has 0 bridgehead atoms. The smallest absolute Gasteiger partial charge is 0.418 e. The zero-order valence-corrected chi connectivity index (χ0v) is 22.3. The Hall–Kier alpha value is -4.60. The molecule has 1 amide bonds. The molecule has 5 aromatic rings. The van der Waals surface area contributed by atoms with E-state index in [2.05, 4.69) is 15.5 Å².